The summed E-state index contributed by atoms with van der Waals surface area (Å²) in [5.74, 6) is -0.234. The summed E-state index contributed by atoms with van der Waals surface area (Å²) in [4.78, 5) is 13.2. The van der Waals surface area contributed by atoms with Crippen molar-refractivity contribution in [2.24, 2.45) is 0 Å². The molecule has 5 nitrogen and oxygen atoms in total. The fraction of sp³-hybridized carbons (Fsp3) is 0.138. The highest BCUT2D eigenvalue weighted by atomic mass is 32.2. The summed E-state index contributed by atoms with van der Waals surface area (Å²) in [6.07, 6.45) is 1.18. The lowest BCUT2D eigenvalue weighted by atomic mass is 9.94. The van der Waals surface area contributed by atoms with E-state index in [1.165, 1.54) is 10.6 Å². The Kier molecular flexibility index (Phi) is 7.32. The van der Waals surface area contributed by atoms with E-state index < -0.39 is 10.0 Å². The first-order valence-corrected chi connectivity index (χ1v) is 13.2. The van der Waals surface area contributed by atoms with Gasteiger partial charge in [0, 0.05) is 5.56 Å². The standard InChI is InChI=1S/C29H28N2O3S/c1-22-11-9-10-16-27(22)28(24-14-7-4-8-15-24)30-29(32)25-17-19-26(20-18-25)31(35(2,33)34)21-23-12-5-3-6-13-23/h3-20,28H,21H2,1-2H3,(H,30,32)/t28-/m1/s1. The van der Waals surface area contributed by atoms with E-state index in [1.54, 1.807) is 24.3 Å². The molecule has 0 saturated heterocycles. The Labute approximate surface area is 207 Å². The molecule has 0 aliphatic rings. The maximum Gasteiger partial charge on any atom is 0.252 e. The maximum atomic E-state index is 13.2. The molecule has 0 aliphatic heterocycles. The van der Waals surface area contributed by atoms with Gasteiger partial charge >= 0.3 is 0 Å². The van der Waals surface area contributed by atoms with Crippen LogP contribution in [-0.2, 0) is 16.6 Å². The molecular weight excluding hydrogens is 456 g/mol. The minimum atomic E-state index is -3.51. The molecule has 4 aromatic carbocycles. The van der Waals surface area contributed by atoms with Crippen LogP contribution in [0.3, 0.4) is 0 Å². The first-order valence-electron chi connectivity index (χ1n) is 11.4. The normalized spacial score (nSPS) is 12.1. The third kappa shape index (κ3) is 5.97. The number of anilines is 1. The van der Waals surface area contributed by atoms with Gasteiger partial charge in [0.25, 0.3) is 5.91 Å². The van der Waals surface area contributed by atoms with E-state index in [-0.39, 0.29) is 18.5 Å². The average molecular weight is 485 g/mol. The molecule has 35 heavy (non-hydrogen) atoms. The molecule has 0 unspecified atom stereocenters. The van der Waals surface area contributed by atoms with E-state index in [4.69, 9.17) is 0 Å². The van der Waals surface area contributed by atoms with Gasteiger partial charge in [0.2, 0.25) is 10.0 Å². The van der Waals surface area contributed by atoms with E-state index in [2.05, 4.69) is 5.32 Å². The van der Waals surface area contributed by atoms with Crippen LogP contribution < -0.4 is 9.62 Å². The van der Waals surface area contributed by atoms with Crippen molar-refractivity contribution in [3.63, 3.8) is 0 Å². The van der Waals surface area contributed by atoms with E-state index in [1.807, 2.05) is 91.9 Å². The molecule has 0 radical (unpaired) electrons. The smallest absolute Gasteiger partial charge is 0.252 e. The predicted molar refractivity (Wildman–Crippen MR) is 141 cm³/mol. The lowest BCUT2D eigenvalue weighted by molar-refractivity contribution is 0.0943. The summed E-state index contributed by atoms with van der Waals surface area (Å²) in [7, 11) is -3.51. The summed E-state index contributed by atoms with van der Waals surface area (Å²) in [6.45, 7) is 2.24. The molecular formula is C29H28N2O3S. The highest BCUT2D eigenvalue weighted by Gasteiger charge is 2.21. The number of hydrogen-bond acceptors (Lipinski definition) is 3. The van der Waals surface area contributed by atoms with Crippen LogP contribution in [0.1, 0.15) is 38.7 Å². The van der Waals surface area contributed by atoms with Crippen LogP contribution in [0.25, 0.3) is 0 Å². The molecule has 4 rings (SSSR count). The highest BCUT2D eigenvalue weighted by molar-refractivity contribution is 7.92. The van der Waals surface area contributed by atoms with Crippen LogP contribution in [0, 0.1) is 6.92 Å². The Balaban J connectivity index is 1.59. The third-order valence-corrected chi connectivity index (χ3v) is 7.04. The predicted octanol–water partition coefficient (Wildman–Crippen LogP) is 5.48. The zero-order valence-corrected chi connectivity index (χ0v) is 20.6. The minimum absolute atomic E-state index is 0.217. The molecule has 0 spiro atoms. The van der Waals surface area contributed by atoms with Crippen molar-refractivity contribution in [2.45, 2.75) is 19.5 Å². The fourth-order valence-electron chi connectivity index (χ4n) is 4.04. The van der Waals surface area contributed by atoms with Crippen LogP contribution in [0.4, 0.5) is 5.69 Å². The zero-order valence-electron chi connectivity index (χ0n) is 19.8. The van der Waals surface area contributed by atoms with Crippen molar-refractivity contribution in [3.8, 4) is 0 Å². The van der Waals surface area contributed by atoms with Crippen molar-refractivity contribution in [1.29, 1.82) is 0 Å². The monoisotopic (exact) mass is 484 g/mol. The van der Waals surface area contributed by atoms with Gasteiger partial charge in [0.1, 0.15) is 0 Å². The molecule has 0 bridgehead atoms. The van der Waals surface area contributed by atoms with Crippen molar-refractivity contribution in [2.75, 3.05) is 10.6 Å². The summed E-state index contributed by atoms with van der Waals surface area (Å²) in [5, 5.41) is 3.15. The van der Waals surface area contributed by atoms with Crippen molar-refractivity contribution in [1.82, 2.24) is 5.32 Å². The summed E-state index contributed by atoms with van der Waals surface area (Å²) >= 11 is 0. The van der Waals surface area contributed by atoms with Crippen molar-refractivity contribution < 1.29 is 13.2 Å². The van der Waals surface area contributed by atoms with Gasteiger partial charge in [0.15, 0.2) is 0 Å². The van der Waals surface area contributed by atoms with Gasteiger partial charge in [-0.2, -0.15) is 0 Å². The molecule has 6 heteroatoms. The molecule has 1 N–H and O–H groups in total. The topological polar surface area (TPSA) is 66.5 Å². The Morgan fingerprint density at radius 2 is 1.37 bits per heavy atom. The summed E-state index contributed by atoms with van der Waals surface area (Å²) in [6, 6.07) is 33.6. The molecule has 0 aliphatic carbocycles. The maximum absolute atomic E-state index is 13.2. The van der Waals surface area contributed by atoms with Crippen LogP contribution in [0.15, 0.2) is 109 Å². The van der Waals surface area contributed by atoms with Crippen molar-refractivity contribution in [3.05, 3.63) is 137 Å². The van der Waals surface area contributed by atoms with Gasteiger partial charge in [-0.3, -0.25) is 9.10 Å². The van der Waals surface area contributed by atoms with Gasteiger partial charge < -0.3 is 5.32 Å². The Morgan fingerprint density at radius 3 is 1.97 bits per heavy atom. The Hall–Kier alpha value is -3.90. The quantitative estimate of drug-likeness (QED) is 0.360. The number of hydrogen-bond donors (Lipinski definition) is 1. The number of carbonyl (C=O) groups is 1. The van der Waals surface area contributed by atoms with Gasteiger partial charge in [-0.05, 0) is 53.4 Å². The fourth-order valence-corrected chi connectivity index (χ4v) is 4.93. The van der Waals surface area contributed by atoms with E-state index >= 15 is 0 Å². The van der Waals surface area contributed by atoms with Gasteiger partial charge in [0.05, 0.1) is 24.5 Å². The number of amides is 1. The molecule has 0 heterocycles. The number of benzene rings is 4. The number of rotatable bonds is 8. The average Bonchev–Trinajstić information content (AvgIpc) is 2.87. The number of nitrogens with zero attached hydrogens (tertiary/aromatic N) is 1. The second kappa shape index (κ2) is 10.6. The van der Waals surface area contributed by atoms with Gasteiger partial charge in [-0.15, -0.1) is 0 Å². The lowest BCUT2D eigenvalue weighted by Gasteiger charge is -2.23. The molecule has 1 atom stereocenters. The van der Waals surface area contributed by atoms with E-state index in [0.717, 1.165) is 22.3 Å². The third-order valence-electron chi connectivity index (χ3n) is 5.89. The van der Waals surface area contributed by atoms with E-state index in [0.29, 0.717) is 11.3 Å². The number of nitrogens with one attached hydrogen (secondary N) is 1. The molecule has 0 saturated carbocycles. The van der Waals surface area contributed by atoms with E-state index in [9.17, 15) is 13.2 Å². The lowest BCUT2D eigenvalue weighted by Crippen LogP contribution is -2.30. The van der Waals surface area contributed by atoms with Crippen LogP contribution in [-0.4, -0.2) is 20.6 Å². The Morgan fingerprint density at radius 1 is 0.800 bits per heavy atom. The molecule has 0 aromatic heterocycles. The number of aryl methyl sites for hydroxylation is 1. The number of sulfonamides is 1. The SMILES string of the molecule is Cc1ccccc1[C@H](NC(=O)c1ccc(N(Cc2ccccc2)S(C)(=O)=O)cc1)c1ccccc1. The second-order valence-electron chi connectivity index (χ2n) is 8.48. The van der Waals surface area contributed by atoms with Crippen LogP contribution >= 0.6 is 0 Å². The number of carbonyl (C=O) groups excluding carboxylic acids is 1. The zero-order chi connectivity index (χ0) is 24.8. The van der Waals surface area contributed by atoms with Crippen LogP contribution in [0.5, 0.6) is 0 Å². The summed E-state index contributed by atoms with van der Waals surface area (Å²) < 4.78 is 26.3. The van der Waals surface area contributed by atoms with Gasteiger partial charge in [-0.25, -0.2) is 8.42 Å². The van der Waals surface area contributed by atoms with Crippen LogP contribution in [0.2, 0.25) is 0 Å². The molecule has 0 fully saturated rings. The molecule has 4 aromatic rings. The largest absolute Gasteiger partial charge is 0.341 e. The Bertz CT molecular complexity index is 1390. The molecule has 178 valence electrons. The van der Waals surface area contributed by atoms with Crippen molar-refractivity contribution >= 4 is 21.6 Å². The first-order chi connectivity index (χ1) is 16.8. The van der Waals surface area contributed by atoms with Gasteiger partial charge in [-0.1, -0.05) is 84.9 Å². The second-order valence-corrected chi connectivity index (χ2v) is 10.4. The minimum Gasteiger partial charge on any atom is -0.341 e. The summed E-state index contributed by atoms with van der Waals surface area (Å²) in [5.41, 5.74) is 4.93. The first kappa shape index (κ1) is 24.2. The highest BCUT2D eigenvalue weighted by Crippen LogP contribution is 2.26. The molecule has 1 amide bonds.